The summed E-state index contributed by atoms with van der Waals surface area (Å²) in [6, 6.07) is 9.33. The third kappa shape index (κ3) is 4.32. The number of benzene rings is 1. The number of nitrogens with zero attached hydrogens (tertiary/aromatic N) is 3. The van der Waals surface area contributed by atoms with Crippen LogP contribution in [0.25, 0.3) is 11.3 Å². The van der Waals surface area contributed by atoms with Crippen molar-refractivity contribution >= 4 is 23.4 Å². The lowest BCUT2D eigenvalue weighted by Crippen LogP contribution is -2.24. The van der Waals surface area contributed by atoms with Crippen LogP contribution in [-0.2, 0) is 11.3 Å². The van der Waals surface area contributed by atoms with Crippen LogP contribution in [0.15, 0.2) is 41.1 Å². The highest BCUT2D eigenvalue weighted by molar-refractivity contribution is 6.33. The summed E-state index contributed by atoms with van der Waals surface area (Å²) < 4.78 is 12.3. The normalized spacial score (nSPS) is 23.6. The van der Waals surface area contributed by atoms with Crippen LogP contribution in [0.5, 0.6) is 0 Å². The molecule has 0 bridgehead atoms. The van der Waals surface area contributed by atoms with Crippen LogP contribution in [0.4, 0.5) is 5.82 Å². The molecule has 0 amide bonds. The number of pyridine rings is 1. The molecule has 2 unspecified atom stereocenters. The van der Waals surface area contributed by atoms with Gasteiger partial charge in [0.25, 0.3) is 0 Å². The van der Waals surface area contributed by atoms with Crippen LogP contribution < -0.4 is 4.90 Å². The number of ether oxygens (including phenoxy) is 1. The van der Waals surface area contributed by atoms with E-state index in [1.165, 1.54) is 6.20 Å². The molecule has 8 heteroatoms. The highest BCUT2D eigenvalue weighted by Gasteiger charge is 2.42. The number of hydrogen-bond acceptors (Lipinski definition) is 6. The average molecular weight is 494 g/mol. The summed E-state index contributed by atoms with van der Waals surface area (Å²) in [6.45, 7) is 4.38. The maximum Gasteiger partial charge on any atom is 0.337 e. The quantitative estimate of drug-likeness (QED) is 0.451. The summed E-state index contributed by atoms with van der Waals surface area (Å²) >= 11 is 6.56. The Kier molecular flexibility index (Phi) is 5.77. The van der Waals surface area contributed by atoms with Gasteiger partial charge in [0.15, 0.2) is 0 Å². The Bertz CT molecular complexity index is 1220. The zero-order valence-corrected chi connectivity index (χ0v) is 20.4. The van der Waals surface area contributed by atoms with Gasteiger partial charge in [-0.1, -0.05) is 28.9 Å². The largest absolute Gasteiger partial charge is 0.478 e. The van der Waals surface area contributed by atoms with Crippen molar-refractivity contribution in [1.82, 2.24) is 10.1 Å². The zero-order valence-electron chi connectivity index (χ0n) is 19.6. The van der Waals surface area contributed by atoms with E-state index in [0.29, 0.717) is 29.4 Å². The molecule has 1 aliphatic heterocycles. The van der Waals surface area contributed by atoms with E-state index in [1.54, 1.807) is 6.07 Å². The van der Waals surface area contributed by atoms with Crippen molar-refractivity contribution in [2.45, 2.75) is 51.2 Å². The fraction of sp³-hybridized carbons (Fsp3) is 0.444. The number of carboxylic acid groups (broad SMARTS) is 1. The minimum Gasteiger partial charge on any atom is -0.478 e. The first kappa shape index (κ1) is 22.6. The molecular weight excluding hydrogens is 466 g/mol. The van der Waals surface area contributed by atoms with Crippen LogP contribution in [0.2, 0.25) is 5.02 Å². The molecule has 35 heavy (non-hydrogen) atoms. The molecule has 3 heterocycles. The topological polar surface area (TPSA) is 88.7 Å². The molecule has 2 aromatic heterocycles. The lowest BCUT2D eigenvalue weighted by atomic mass is 10.0. The molecule has 3 aliphatic rings. The standard InChI is InChI=1S/C27H28ClN3O4/c1-15-3-2-4-22(28)24(15)25-21(26(35-30-25)16-5-6-16)14-34-20-9-18-12-31(13-19(18)10-20)23-8-7-17(11-29-23)27(32)33/h2-4,7-8,11,16,18-20H,5-6,9-10,12-14H2,1H3,(H,32,33)/t18-,19?,20?/m0/s1. The van der Waals surface area contributed by atoms with Gasteiger partial charge < -0.3 is 19.3 Å². The number of hydrogen-bond donors (Lipinski definition) is 1. The van der Waals surface area contributed by atoms with E-state index in [-0.39, 0.29) is 11.7 Å². The minimum absolute atomic E-state index is 0.205. The summed E-state index contributed by atoms with van der Waals surface area (Å²) in [6.07, 6.45) is 5.93. The van der Waals surface area contributed by atoms with E-state index in [2.05, 4.69) is 15.0 Å². The van der Waals surface area contributed by atoms with Crippen LogP contribution in [0.1, 0.15) is 58.8 Å². The Morgan fingerprint density at radius 2 is 1.97 bits per heavy atom. The molecule has 1 N–H and O–H groups in total. The van der Waals surface area contributed by atoms with Crippen molar-refractivity contribution < 1.29 is 19.2 Å². The van der Waals surface area contributed by atoms with Crippen molar-refractivity contribution in [2.24, 2.45) is 11.8 Å². The average Bonchev–Trinajstić information content (AvgIpc) is 3.31. The van der Waals surface area contributed by atoms with Crippen molar-refractivity contribution in [3.8, 4) is 11.3 Å². The summed E-state index contributed by atoms with van der Waals surface area (Å²) in [7, 11) is 0. The number of aryl methyl sites for hydroxylation is 1. The number of aromatic nitrogens is 2. The van der Waals surface area contributed by atoms with Gasteiger partial charge in [-0.25, -0.2) is 9.78 Å². The van der Waals surface area contributed by atoms with Gasteiger partial charge >= 0.3 is 5.97 Å². The summed E-state index contributed by atoms with van der Waals surface area (Å²) in [4.78, 5) is 17.7. The highest BCUT2D eigenvalue weighted by Crippen LogP contribution is 2.46. The van der Waals surface area contributed by atoms with Crippen molar-refractivity contribution in [3.63, 3.8) is 0 Å². The SMILES string of the molecule is Cc1cccc(Cl)c1-c1noc(C2CC2)c1COC1CC2CN(c3ccc(C(=O)O)cn3)C[C@@H]2C1. The van der Waals surface area contributed by atoms with Crippen LogP contribution in [-0.4, -0.2) is 40.4 Å². The maximum absolute atomic E-state index is 11.1. The number of rotatable bonds is 7. The Labute approximate surface area is 209 Å². The van der Waals surface area contributed by atoms with E-state index in [0.717, 1.165) is 72.7 Å². The Morgan fingerprint density at radius 1 is 1.20 bits per heavy atom. The Morgan fingerprint density at radius 3 is 2.60 bits per heavy atom. The van der Waals surface area contributed by atoms with Gasteiger partial charge in [0.2, 0.25) is 0 Å². The van der Waals surface area contributed by atoms with Gasteiger partial charge in [-0.3, -0.25) is 0 Å². The molecule has 3 atom stereocenters. The number of fused-ring (bicyclic) bond motifs is 1. The van der Waals surface area contributed by atoms with Crippen LogP contribution in [0.3, 0.4) is 0 Å². The van der Waals surface area contributed by atoms with E-state index in [4.69, 9.17) is 26.0 Å². The van der Waals surface area contributed by atoms with Crippen LogP contribution in [0, 0.1) is 18.8 Å². The predicted octanol–water partition coefficient (Wildman–Crippen LogP) is 5.71. The first-order valence-corrected chi connectivity index (χ1v) is 12.7. The van der Waals surface area contributed by atoms with Gasteiger partial charge in [-0.15, -0.1) is 0 Å². The number of anilines is 1. The van der Waals surface area contributed by atoms with E-state index >= 15 is 0 Å². The summed E-state index contributed by atoms with van der Waals surface area (Å²) in [5.41, 5.74) is 4.09. The minimum atomic E-state index is -0.951. The molecule has 6 rings (SSSR count). The lowest BCUT2D eigenvalue weighted by molar-refractivity contribution is 0.0402. The number of aromatic carboxylic acids is 1. The van der Waals surface area contributed by atoms with Gasteiger partial charge in [0.1, 0.15) is 17.3 Å². The number of carboxylic acids is 1. The Balaban J connectivity index is 1.13. The molecule has 182 valence electrons. The molecule has 1 saturated heterocycles. The third-order valence-corrected chi connectivity index (χ3v) is 8.03. The summed E-state index contributed by atoms with van der Waals surface area (Å²) in [5, 5.41) is 14.2. The van der Waals surface area contributed by atoms with Crippen LogP contribution >= 0.6 is 11.6 Å². The van der Waals surface area contributed by atoms with E-state index < -0.39 is 5.97 Å². The van der Waals surface area contributed by atoms with Crippen molar-refractivity contribution in [1.29, 1.82) is 0 Å². The van der Waals surface area contributed by atoms with Crippen molar-refractivity contribution in [3.05, 3.63) is 64.0 Å². The molecule has 0 spiro atoms. The molecule has 1 aromatic carbocycles. The van der Waals surface area contributed by atoms with E-state index in [9.17, 15) is 4.79 Å². The second-order valence-electron chi connectivity index (χ2n) is 10.1. The van der Waals surface area contributed by atoms with Gasteiger partial charge in [0, 0.05) is 36.3 Å². The molecule has 2 saturated carbocycles. The first-order valence-electron chi connectivity index (χ1n) is 12.3. The molecule has 0 radical (unpaired) electrons. The molecule has 3 fully saturated rings. The predicted molar refractivity (Wildman–Crippen MR) is 132 cm³/mol. The first-order chi connectivity index (χ1) is 17.0. The van der Waals surface area contributed by atoms with Gasteiger partial charge in [0.05, 0.1) is 23.3 Å². The third-order valence-electron chi connectivity index (χ3n) is 7.72. The van der Waals surface area contributed by atoms with Gasteiger partial charge in [-0.2, -0.15) is 0 Å². The molecular formula is C27H28ClN3O4. The highest BCUT2D eigenvalue weighted by atomic mass is 35.5. The Hall–Kier alpha value is -2.90. The molecule has 7 nitrogen and oxygen atoms in total. The molecule has 2 aliphatic carbocycles. The zero-order chi connectivity index (χ0) is 24.1. The maximum atomic E-state index is 11.1. The monoisotopic (exact) mass is 493 g/mol. The number of halogens is 1. The lowest BCUT2D eigenvalue weighted by Gasteiger charge is -2.20. The second-order valence-corrected chi connectivity index (χ2v) is 10.5. The van der Waals surface area contributed by atoms with E-state index in [1.807, 2.05) is 31.2 Å². The fourth-order valence-electron chi connectivity index (χ4n) is 5.72. The molecule has 3 aromatic rings. The summed E-state index contributed by atoms with van der Waals surface area (Å²) in [5.74, 6) is 2.40. The van der Waals surface area contributed by atoms with Gasteiger partial charge in [-0.05, 0) is 68.2 Å². The second kappa shape index (κ2) is 8.95. The number of carbonyl (C=O) groups is 1. The fourth-order valence-corrected chi connectivity index (χ4v) is 6.04. The smallest absolute Gasteiger partial charge is 0.337 e. The van der Waals surface area contributed by atoms with Crippen molar-refractivity contribution in [2.75, 3.05) is 18.0 Å².